The molecule has 0 aromatic carbocycles. The number of ketones is 1. The highest BCUT2D eigenvalue weighted by Crippen LogP contribution is 2.63. The summed E-state index contributed by atoms with van der Waals surface area (Å²) < 4.78 is 0. The number of nitrogens with zero attached hydrogens (tertiary/aromatic N) is 4. The zero-order chi connectivity index (χ0) is 21.6. The highest BCUT2D eigenvalue weighted by molar-refractivity contribution is 6.30. The van der Waals surface area contributed by atoms with E-state index in [0.717, 1.165) is 44.9 Å². The Bertz CT molecular complexity index is 935. The molecule has 3 saturated carbocycles. The van der Waals surface area contributed by atoms with E-state index < -0.39 is 5.60 Å². The number of halogens is 1. The van der Waals surface area contributed by atoms with E-state index in [0.29, 0.717) is 30.1 Å². The van der Waals surface area contributed by atoms with Crippen LogP contribution in [-0.4, -0.2) is 36.7 Å². The summed E-state index contributed by atoms with van der Waals surface area (Å²) in [7, 11) is 0. The number of aliphatic hydroxyl groups is 1. The van der Waals surface area contributed by atoms with Gasteiger partial charge in [0.2, 0.25) is 0 Å². The fourth-order valence-corrected chi connectivity index (χ4v) is 7.82. The van der Waals surface area contributed by atoms with Crippen molar-refractivity contribution in [3.05, 3.63) is 18.0 Å². The Morgan fingerprint density at radius 2 is 2.16 bits per heavy atom. The van der Waals surface area contributed by atoms with Crippen LogP contribution >= 0.6 is 11.6 Å². The van der Waals surface area contributed by atoms with Gasteiger partial charge in [-0.1, -0.05) is 24.5 Å². The number of fused-ring (bicyclic) bond motifs is 5. The second-order valence-corrected chi connectivity index (χ2v) is 10.7. The van der Waals surface area contributed by atoms with Crippen LogP contribution < -0.4 is 0 Å². The fraction of sp³-hybridized carbons (Fsp3) is 0.750. The molecule has 166 valence electrons. The Morgan fingerprint density at radius 3 is 2.94 bits per heavy atom. The summed E-state index contributed by atoms with van der Waals surface area (Å²) in [6.45, 7) is 2.60. The molecule has 0 radical (unpaired) electrons. The van der Waals surface area contributed by atoms with Gasteiger partial charge in [-0.05, 0) is 97.3 Å². The number of hydrogen-bond acceptors (Lipinski definition) is 5. The molecule has 0 bridgehead atoms. The molecule has 1 aromatic rings. The van der Waals surface area contributed by atoms with E-state index in [1.807, 2.05) is 0 Å². The second kappa shape index (κ2) is 8.01. The van der Waals surface area contributed by atoms with Gasteiger partial charge in [-0.25, -0.2) is 0 Å². The van der Waals surface area contributed by atoms with Crippen molar-refractivity contribution in [1.82, 2.24) is 20.2 Å². The highest BCUT2D eigenvalue weighted by Gasteiger charge is 2.57. The predicted molar refractivity (Wildman–Crippen MR) is 117 cm³/mol. The van der Waals surface area contributed by atoms with E-state index in [4.69, 9.17) is 11.6 Å². The molecule has 0 saturated heterocycles. The summed E-state index contributed by atoms with van der Waals surface area (Å²) in [4.78, 5) is 14.5. The van der Waals surface area contributed by atoms with Gasteiger partial charge in [0.1, 0.15) is 6.54 Å². The van der Waals surface area contributed by atoms with Gasteiger partial charge in [-0.3, -0.25) is 4.79 Å². The number of allylic oxidation sites excluding steroid dienone is 1. The maximum absolute atomic E-state index is 13.1. The first kappa shape index (κ1) is 21.2. The SMILES string of the molecule is C[C@]12CC[C@H]3[C@@H](CC=C4C[C@](O)(CC#CCl)CC[C@@H]43)[C@@H]1CC[C@@H]2C(=O)Cn1ncnn1. The van der Waals surface area contributed by atoms with Gasteiger partial charge in [0.15, 0.2) is 12.1 Å². The van der Waals surface area contributed by atoms with E-state index >= 15 is 0 Å². The molecule has 4 aliphatic rings. The molecule has 1 N–H and O–H groups in total. The Kier molecular flexibility index (Phi) is 5.46. The zero-order valence-corrected chi connectivity index (χ0v) is 18.9. The fourth-order valence-electron chi connectivity index (χ4n) is 7.75. The maximum Gasteiger partial charge on any atom is 0.162 e. The van der Waals surface area contributed by atoms with Gasteiger partial charge in [0.25, 0.3) is 0 Å². The van der Waals surface area contributed by atoms with Crippen LogP contribution in [0.3, 0.4) is 0 Å². The summed E-state index contributed by atoms with van der Waals surface area (Å²) in [6, 6.07) is 0. The first-order valence-electron chi connectivity index (χ1n) is 11.7. The highest BCUT2D eigenvalue weighted by atomic mass is 35.5. The lowest BCUT2D eigenvalue weighted by Gasteiger charge is -2.54. The predicted octanol–water partition coefficient (Wildman–Crippen LogP) is 3.75. The molecule has 0 unspecified atom stereocenters. The molecule has 4 aliphatic carbocycles. The molecule has 5 rings (SSSR count). The van der Waals surface area contributed by atoms with Crippen LogP contribution in [0.1, 0.15) is 64.7 Å². The minimum absolute atomic E-state index is 0.0789. The average Bonchev–Trinajstić information content (AvgIpc) is 3.39. The smallest absolute Gasteiger partial charge is 0.162 e. The number of aromatic nitrogens is 4. The molecule has 7 atom stereocenters. The van der Waals surface area contributed by atoms with Crippen LogP contribution in [0.5, 0.6) is 0 Å². The van der Waals surface area contributed by atoms with Crippen LogP contribution in [0.2, 0.25) is 0 Å². The third-order valence-electron chi connectivity index (χ3n) is 9.15. The van der Waals surface area contributed by atoms with Gasteiger partial charge in [0, 0.05) is 17.7 Å². The molecular formula is C24H31ClN4O2. The molecule has 0 amide bonds. The van der Waals surface area contributed by atoms with Crippen LogP contribution in [-0.2, 0) is 11.3 Å². The maximum atomic E-state index is 13.1. The van der Waals surface area contributed by atoms with Crippen molar-refractivity contribution in [2.24, 2.45) is 35.0 Å². The third kappa shape index (κ3) is 3.64. The third-order valence-corrected chi connectivity index (χ3v) is 9.29. The molecule has 3 fully saturated rings. The molecule has 6 nitrogen and oxygen atoms in total. The average molecular weight is 443 g/mol. The van der Waals surface area contributed by atoms with E-state index in [1.165, 1.54) is 23.1 Å². The lowest BCUT2D eigenvalue weighted by Crippen LogP contribution is -2.48. The molecule has 1 heterocycles. The van der Waals surface area contributed by atoms with Crippen LogP contribution in [0.4, 0.5) is 0 Å². The van der Waals surface area contributed by atoms with Crippen molar-refractivity contribution in [3.8, 4) is 11.3 Å². The van der Waals surface area contributed by atoms with Crippen molar-refractivity contribution in [1.29, 1.82) is 0 Å². The van der Waals surface area contributed by atoms with Gasteiger partial charge < -0.3 is 5.11 Å². The van der Waals surface area contributed by atoms with Crippen molar-refractivity contribution in [2.75, 3.05) is 0 Å². The van der Waals surface area contributed by atoms with E-state index in [-0.39, 0.29) is 23.7 Å². The van der Waals surface area contributed by atoms with Crippen LogP contribution in [0.25, 0.3) is 0 Å². The standard InChI is InChI=1S/C24H31ClN4O2/c1-23-10-7-18-17-8-11-24(31,9-2-12-25)13-16(17)3-4-19(18)20(23)5-6-21(23)22(30)14-29-27-15-26-28-29/h3,15,17-21,31H,4-11,13-14H2,1H3/t17-,18+,19+,20-,21+,23-,24-/m0/s1. The quantitative estimate of drug-likeness (QED) is 0.567. The van der Waals surface area contributed by atoms with Crippen molar-refractivity contribution < 1.29 is 9.90 Å². The number of rotatable bonds is 4. The molecule has 0 spiro atoms. The molecular weight excluding hydrogens is 412 g/mol. The Labute approximate surface area is 188 Å². The topological polar surface area (TPSA) is 80.9 Å². The number of tetrazole rings is 1. The first-order valence-corrected chi connectivity index (χ1v) is 12.0. The largest absolute Gasteiger partial charge is 0.389 e. The first-order chi connectivity index (χ1) is 14.9. The van der Waals surface area contributed by atoms with Gasteiger partial charge in [0.05, 0.1) is 5.60 Å². The number of carbonyl (C=O) groups excluding carboxylic acids is 1. The number of hydrogen-bond donors (Lipinski definition) is 1. The van der Waals surface area contributed by atoms with Gasteiger partial charge in [-0.15, -0.1) is 10.2 Å². The van der Waals surface area contributed by atoms with Crippen molar-refractivity contribution >= 4 is 17.4 Å². The van der Waals surface area contributed by atoms with Gasteiger partial charge in [-0.2, -0.15) is 4.80 Å². The van der Waals surface area contributed by atoms with E-state index in [2.05, 4.69) is 39.7 Å². The summed E-state index contributed by atoms with van der Waals surface area (Å²) in [5.41, 5.74) is 0.800. The summed E-state index contributed by atoms with van der Waals surface area (Å²) >= 11 is 5.53. The zero-order valence-electron chi connectivity index (χ0n) is 18.1. The molecule has 31 heavy (non-hydrogen) atoms. The number of carbonyl (C=O) groups is 1. The van der Waals surface area contributed by atoms with Crippen LogP contribution in [0.15, 0.2) is 18.0 Å². The minimum atomic E-state index is -0.722. The van der Waals surface area contributed by atoms with Crippen LogP contribution in [0, 0.1) is 46.3 Å². The summed E-state index contributed by atoms with van der Waals surface area (Å²) in [5.74, 6) is 5.76. The van der Waals surface area contributed by atoms with E-state index in [1.54, 1.807) is 0 Å². The minimum Gasteiger partial charge on any atom is -0.389 e. The van der Waals surface area contributed by atoms with Crippen molar-refractivity contribution in [3.63, 3.8) is 0 Å². The monoisotopic (exact) mass is 442 g/mol. The van der Waals surface area contributed by atoms with Gasteiger partial charge >= 0.3 is 0 Å². The van der Waals surface area contributed by atoms with Crippen molar-refractivity contribution in [2.45, 2.75) is 76.9 Å². The summed E-state index contributed by atoms with van der Waals surface area (Å²) in [6.07, 6.45) is 12.4. The van der Waals surface area contributed by atoms with E-state index in [9.17, 15) is 9.90 Å². The number of Topliss-reactive ketones (excluding diaryl/α,β-unsaturated/α-hetero) is 1. The molecule has 1 aromatic heterocycles. The molecule has 0 aliphatic heterocycles. The molecule has 7 heteroatoms. The second-order valence-electron chi connectivity index (χ2n) is 10.6. The lowest BCUT2D eigenvalue weighted by atomic mass is 9.51. The summed E-state index contributed by atoms with van der Waals surface area (Å²) in [5, 5.41) is 25.0. The Hall–Kier alpha value is -1.71. The Balaban J connectivity index is 1.32. The Morgan fingerprint density at radius 1 is 1.29 bits per heavy atom. The normalized spacial score (nSPS) is 41.3. The lowest BCUT2D eigenvalue weighted by molar-refractivity contribution is -0.130.